The summed E-state index contributed by atoms with van der Waals surface area (Å²) in [7, 11) is 1.40. The van der Waals surface area contributed by atoms with Crippen molar-refractivity contribution >= 4 is 17.8 Å². The molecule has 34 heavy (non-hydrogen) atoms. The van der Waals surface area contributed by atoms with Crippen LogP contribution in [0.2, 0.25) is 0 Å². The fraction of sp³-hybridized carbons (Fsp3) is 0.560. The number of nitrogens with one attached hydrogen (secondary N) is 2. The number of hydrogen-bond acceptors (Lipinski definition) is 6. The van der Waals surface area contributed by atoms with Crippen molar-refractivity contribution in [1.29, 1.82) is 0 Å². The number of hydrogen-bond donors (Lipinski definition) is 2. The van der Waals surface area contributed by atoms with Gasteiger partial charge >= 0.3 is 5.97 Å². The van der Waals surface area contributed by atoms with Gasteiger partial charge in [0.25, 0.3) is 5.91 Å². The monoisotopic (exact) mass is 472 g/mol. The van der Waals surface area contributed by atoms with Gasteiger partial charge < -0.3 is 24.5 Å². The van der Waals surface area contributed by atoms with Crippen LogP contribution in [0.5, 0.6) is 0 Å². The van der Waals surface area contributed by atoms with Crippen molar-refractivity contribution in [2.45, 2.75) is 75.7 Å². The number of furan rings is 1. The van der Waals surface area contributed by atoms with Crippen LogP contribution in [0.15, 0.2) is 39.9 Å². The maximum absolute atomic E-state index is 13.5. The number of carbonyl (C=O) groups is 3. The molecule has 2 heterocycles. The molecule has 0 aromatic carbocycles. The molecule has 1 saturated heterocycles. The highest BCUT2D eigenvalue weighted by Crippen LogP contribution is 2.30. The van der Waals surface area contributed by atoms with E-state index in [0.29, 0.717) is 18.1 Å². The van der Waals surface area contributed by atoms with E-state index in [-0.39, 0.29) is 24.5 Å². The normalized spacial score (nSPS) is 25.5. The van der Waals surface area contributed by atoms with E-state index in [4.69, 9.17) is 13.9 Å². The number of halogens is 1. The van der Waals surface area contributed by atoms with Gasteiger partial charge in [0.2, 0.25) is 12.2 Å². The predicted octanol–water partition coefficient (Wildman–Crippen LogP) is 3.40. The Morgan fingerprint density at radius 3 is 2.76 bits per heavy atom. The minimum absolute atomic E-state index is 0.00421. The summed E-state index contributed by atoms with van der Waals surface area (Å²) in [5.41, 5.74) is 4.98. The van der Waals surface area contributed by atoms with Crippen LogP contribution in [0.25, 0.3) is 0 Å². The fourth-order valence-corrected chi connectivity index (χ4v) is 4.75. The number of allylic oxidation sites excluding steroid dienone is 2. The first-order valence-corrected chi connectivity index (χ1v) is 11.7. The molecular weight excluding hydrogens is 443 g/mol. The third kappa shape index (κ3) is 5.86. The van der Waals surface area contributed by atoms with Gasteiger partial charge in [0.15, 0.2) is 11.6 Å². The van der Waals surface area contributed by atoms with Gasteiger partial charge in [0.1, 0.15) is 17.8 Å². The molecule has 0 spiro atoms. The molecule has 2 fully saturated rings. The quantitative estimate of drug-likeness (QED) is 0.444. The Morgan fingerprint density at radius 2 is 2.03 bits per heavy atom. The van der Waals surface area contributed by atoms with Crippen LogP contribution in [0.1, 0.15) is 73.6 Å². The Kier molecular flexibility index (Phi) is 7.68. The fourth-order valence-electron chi connectivity index (χ4n) is 4.75. The van der Waals surface area contributed by atoms with Crippen molar-refractivity contribution in [3.63, 3.8) is 0 Å². The molecule has 1 saturated carbocycles. The molecule has 4 atom stereocenters. The second kappa shape index (κ2) is 10.9. The van der Waals surface area contributed by atoms with Crippen molar-refractivity contribution in [3.05, 3.63) is 47.0 Å². The highest BCUT2D eigenvalue weighted by atomic mass is 19.1. The van der Waals surface area contributed by atoms with Gasteiger partial charge in [-0.2, -0.15) is 0 Å². The summed E-state index contributed by atoms with van der Waals surface area (Å²) in [4.78, 5) is 37.8. The van der Waals surface area contributed by atoms with Crippen LogP contribution in [0, 0.1) is 5.92 Å². The Hall–Kier alpha value is -3.12. The zero-order valence-corrected chi connectivity index (χ0v) is 19.1. The highest BCUT2D eigenvalue weighted by Gasteiger charge is 2.38. The van der Waals surface area contributed by atoms with Crippen LogP contribution >= 0.6 is 0 Å². The predicted molar refractivity (Wildman–Crippen MR) is 118 cm³/mol. The van der Waals surface area contributed by atoms with Crippen LogP contribution in [-0.2, 0) is 19.1 Å². The van der Waals surface area contributed by atoms with E-state index < -0.39 is 42.0 Å². The van der Waals surface area contributed by atoms with Crippen LogP contribution in [0.4, 0.5) is 4.39 Å². The Morgan fingerprint density at radius 1 is 1.24 bits per heavy atom. The van der Waals surface area contributed by atoms with E-state index >= 15 is 0 Å². The van der Waals surface area contributed by atoms with Gasteiger partial charge in [0, 0.05) is 13.5 Å². The van der Waals surface area contributed by atoms with Crippen molar-refractivity contribution in [2.24, 2.45) is 5.92 Å². The Balaban J connectivity index is 1.44. The summed E-state index contributed by atoms with van der Waals surface area (Å²) in [5, 5.41) is 5.59. The minimum Gasteiger partial charge on any atom is -0.455 e. The lowest BCUT2D eigenvalue weighted by Crippen LogP contribution is -2.52. The molecule has 4 rings (SSSR count). The lowest BCUT2D eigenvalue weighted by Gasteiger charge is -2.27. The van der Waals surface area contributed by atoms with Gasteiger partial charge in [0.05, 0.1) is 12.3 Å². The molecule has 2 aliphatic carbocycles. The summed E-state index contributed by atoms with van der Waals surface area (Å²) in [6.07, 6.45) is 6.72. The molecule has 8 nitrogen and oxygen atoms in total. The maximum atomic E-state index is 13.5. The topological polar surface area (TPSA) is 107 Å². The lowest BCUT2D eigenvalue weighted by atomic mass is 9.84. The van der Waals surface area contributed by atoms with Crippen molar-refractivity contribution in [1.82, 2.24) is 10.6 Å². The molecule has 0 bridgehead atoms. The number of methoxy groups -OCH3 is 1. The van der Waals surface area contributed by atoms with Crippen molar-refractivity contribution < 1.29 is 32.7 Å². The number of carbonyl (C=O) groups excluding carboxylic acids is 3. The summed E-state index contributed by atoms with van der Waals surface area (Å²) >= 11 is 0. The molecule has 9 heteroatoms. The molecule has 0 radical (unpaired) electrons. The molecule has 2 N–H and O–H groups in total. The molecule has 3 aliphatic rings. The van der Waals surface area contributed by atoms with E-state index in [1.54, 1.807) is 12.1 Å². The van der Waals surface area contributed by atoms with Gasteiger partial charge in [-0.1, -0.05) is 37.8 Å². The van der Waals surface area contributed by atoms with Gasteiger partial charge in [-0.25, -0.2) is 4.39 Å². The number of ether oxygens (including phenoxy) is 2. The summed E-state index contributed by atoms with van der Waals surface area (Å²) in [5.74, 6) is -1.39. The van der Waals surface area contributed by atoms with E-state index in [0.717, 1.165) is 25.7 Å². The zero-order chi connectivity index (χ0) is 24.1. The van der Waals surface area contributed by atoms with Crippen LogP contribution < -0.4 is 10.6 Å². The van der Waals surface area contributed by atoms with E-state index in [2.05, 4.69) is 22.1 Å². The van der Waals surface area contributed by atoms with E-state index in [9.17, 15) is 18.8 Å². The number of rotatable bonds is 8. The van der Waals surface area contributed by atoms with E-state index in [1.807, 2.05) is 0 Å². The first-order chi connectivity index (χ1) is 16.4. The van der Waals surface area contributed by atoms with Crippen molar-refractivity contribution in [2.75, 3.05) is 7.11 Å². The molecule has 182 valence electrons. The molecule has 1 aromatic rings. The Labute approximate surface area is 197 Å². The van der Waals surface area contributed by atoms with Crippen LogP contribution in [-0.4, -0.2) is 43.3 Å². The van der Waals surface area contributed by atoms with E-state index in [1.165, 1.54) is 19.6 Å². The molecule has 2 amide bonds. The third-order valence-corrected chi connectivity index (χ3v) is 6.55. The van der Waals surface area contributed by atoms with Gasteiger partial charge in [-0.15, -0.1) is 0 Å². The molecule has 2 unspecified atom stereocenters. The molecule has 1 aliphatic heterocycles. The summed E-state index contributed by atoms with van der Waals surface area (Å²) < 4.78 is 29.4. The second-order valence-corrected chi connectivity index (χ2v) is 9.03. The summed E-state index contributed by atoms with van der Waals surface area (Å²) in [6.45, 7) is 0. The smallest absolute Gasteiger partial charge is 0.310 e. The Bertz CT molecular complexity index is 1030. The number of cyclic esters (lactones) is 1. The van der Waals surface area contributed by atoms with Gasteiger partial charge in [-0.3, -0.25) is 14.4 Å². The SMILES string of the molecule is COC1OC(=O)C[C@@H]1NC(=O)[C@H](CC1CCCCC1)NC(=O)c1ccc(C2C=C=C=C(F)C2)o1. The van der Waals surface area contributed by atoms with Gasteiger partial charge in [-0.05, 0) is 36.3 Å². The lowest BCUT2D eigenvalue weighted by molar-refractivity contribution is -0.160. The highest BCUT2D eigenvalue weighted by molar-refractivity contribution is 5.95. The average Bonchev–Trinajstić information content (AvgIpc) is 3.46. The first-order valence-electron chi connectivity index (χ1n) is 11.7. The first kappa shape index (κ1) is 24.0. The summed E-state index contributed by atoms with van der Waals surface area (Å²) in [6, 6.07) is 1.70. The standard InChI is InChI=1S/C25H29FN2O6/c1-32-25-19(14-22(29)34-25)28-23(30)18(12-15-6-3-2-4-7-15)27-24(31)21-11-10-20(33-21)16-8-5-9-17(26)13-16/h8,10-11,15-16,18-19,25H,2-4,6-7,12-14H2,1H3,(H,27,31)(H,28,30)/t16?,18-,19-,25?/m0/s1. The number of amides is 2. The number of esters is 1. The minimum atomic E-state index is -0.859. The zero-order valence-electron chi connectivity index (χ0n) is 19.1. The van der Waals surface area contributed by atoms with Crippen LogP contribution in [0.3, 0.4) is 0 Å². The second-order valence-electron chi connectivity index (χ2n) is 9.03. The van der Waals surface area contributed by atoms with Crippen molar-refractivity contribution in [3.8, 4) is 0 Å². The molecule has 1 aromatic heterocycles. The maximum Gasteiger partial charge on any atom is 0.310 e. The molecular formula is C25H29FN2O6. The largest absolute Gasteiger partial charge is 0.455 e. The average molecular weight is 473 g/mol. The third-order valence-electron chi connectivity index (χ3n) is 6.55.